The van der Waals surface area contributed by atoms with E-state index in [1.807, 2.05) is 0 Å². The molecule has 0 aromatic heterocycles. The zero-order valence-corrected chi connectivity index (χ0v) is 17.6. The summed E-state index contributed by atoms with van der Waals surface area (Å²) in [5, 5.41) is 5.94. The molecule has 3 saturated carbocycles. The summed E-state index contributed by atoms with van der Waals surface area (Å²) in [4.78, 5) is 36.1. The minimum absolute atomic E-state index is 0.0666. The molecule has 3 fully saturated rings. The van der Waals surface area contributed by atoms with Crippen molar-refractivity contribution >= 4 is 17.6 Å². The minimum atomic E-state index is -3.72. The van der Waals surface area contributed by atoms with Crippen LogP contribution in [-0.4, -0.2) is 41.6 Å². The number of rotatable bonds is 7. The number of carbonyl (C=O) groups excluding carboxylic acids is 3. The molecule has 2 N–H and O–H groups in total. The molecule has 0 unspecified atom stereocenters. The average molecular weight is 458 g/mol. The van der Waals surface area contributed by atoms with E-state index in [9.17, 15) is 23.2 Å². The monoisotopic (exact) mass is 458 g/mol. The van der Waals surface area contributed by atoms with Gasteiger partial charge in [-0.15, -0.1) is 8.78 Å². The van der Waals surface area contributed by atoms with Gasteiger partial charge in [0, 0.05) is 28.3 Å². The van der Waals surface area contributed by atoms with Crippen molar-refractivity contribution in [2.75, 3.05) is 6.61 Å². The molecule has 1 aliphatic heterocycles. The molecule has 4 aliphatic rings. The SMILES string of the molecule is CC(=O)c1ccc(C(=O)NC23CC(NC(=O)COc4ccc5c(c4)OC(F)(F)O5)(C2)C3)cc1. The second-order valence-corrected chi connectivity index (χ2v) is 8.79. The number of hydrogen-bond acceptors (Lipinski definition) is 6. The Morgan fingerprint density at radius 2 is 1.52 bits per heavy atom. The van der Waals surface area contributed by atoms with Crippen molar-refractivity contribution in [1.82, 2.24) is 10.6 Å². The Labute approximate surface area is 187 Å². The summed E-state index contributed by atoms with van der Waals surface area (Å²) < 4.78 is 40.2. The number of carbonyl (C=O) groups is 3. The smallest absolute Gasteiger partial charge is 0.484 e. The maximum atomic E-state index is 13.1. The number of Topliss-reactive ketones (excluding diaryl/α,β-unsaturated/α-hetero) is 1. The highest BCUT2D eigenvalue weighted by atomic mass is 19.3. The van der Waals surface area contributed by atoms with Crippen LogP contribution in [0.1, 0.15) is 46.9 Å². The molecular weight excluding hydrogens is 438 g/mol. The fraction of sp³-hybridized carbons (Fsp3) is 0.348. The van der Waals surface area contributed by atoms with Crippen LogP contribution in [0, 0.1) is 0 Å². The van der Waals surface area contributed by atoms with Crippen LogP contribution >= 0.6 is 0 Å². The molecule has 1 heterocycles. The molecule has 2 amide bonds. The molecule has 2 bridgehead atoms. The fourth-order valence-electron chi connectivity index (χ4n) is 4.72. The molecule has 3 aliphatic carbocycles. The number of benzene rings is 2. The molecule has 8 nitrogen and oxygen atoms in total. The first-order valence-corrected chi connectivity index (χ1v) is 10.3. The summed E-state index contributed by atoms with van der Waals surface area (Å²) in [5.74, 6) is -0.705. The number of hydrogen-bond donors (Lipinski definition) is 2. The van der Waals surface area contributed by atoms with Crippen molar-refractivity contribution in [3.63, 3.8) is 0 Å². The summed E-state index contributed by atoms with van der Waals surface area (Å²) >= 11 is 0. The van der Waals surface area contributed by atoms with Crippen LogP contribution in [0.25, 0.3) is 0 Å². The number of ketones is 1. The van der Waals surface area contributed by atoms with E-state index in [4.69, 9.17) is 4.74 Å². The fourth-order valence-corrected chi connectivity index (χ4v) is 4.72. The molecule has 0 saturated heterocycles. The lowest BCUT2D eigenvalue weighted by Gasteiger charge is -2.70. The zero-order valence-electron chi connectivity index (χ0n) is 17.6. The number of fused-ring (bicyclic) bond motifs is 1. The van der Waals surface area contributed by atoms with Gasteiger partial charge in [0.05, 0.1) is 0 Å². The molecule has 2 aromatic rings. The molecule has 10 heteroatoms. The van der Waals surface area contributed by atoms with Crippen molar-refractivity contribution in [3.05, 3.63) is 53.6 Å². The summed E-state index contributed by atoms with van der Waals surface area (Å²) in [6, 6.07) is 10.4. The van der Waals surface area contributed by atoms with Crippen LogP contribution in [0.15, 0.2) is 42.5 Å². The van der Waals surface area contributed by atoms with Crippen molar-refractivity contribution in [1.29, 1.82) is 0 Å². The van der Waals surface area contributed by atoms with E-state index in [0.717, 1.165) is 0 Å². The Balaban J connectivity index is 1.08. The Kier molecular flexibility index (Phi) is 4.59. The van der Waals surface area contributed by atoms with E-state index in [1.54, 1.807) is 24.3 Å². The van der Waals surface area contributed by atoms with E-state index in [1.165, 1.54) is 25.1 Å². The molecule has 2 aromatic carbocycles. The lowest BCUT2D eigenvalue weighted by molar-refractivity contribution is -0.286. The topological polar surface area (TPSA) is 103 Å². The molecular formula is C23H20F2N2O6. The molecule has 33 heavy (non-hydrogen) atoms. The van der Waals surface area contributed by atoms with E-state index < -0.39 is 6.29 Å². The van der Waals surface area contributed by atoms with E-state index in [0.29, 0.717) is 30.4 Å². The standard InChI is InChI=1S/C23H20F2N2O6/c1-13(28)14-2-4-15(5-3-14)20(30)27-22-10-21(11-22,12-22)26-19(29)9-31-16-6-7-17-18(8-16)33-23(24,25)32-17/h2-8H,9-12H2,1H3,(H,26,29)(H,27,30). The first-order valence-electron chi connectivity index (χ1n) is 10.3. The van der Waals surface area contributed by atoms with E-state index in [-0.39, 0.29) is 52.5 Å². The molecule has 172 valence electrons. The second kappa shape index (κ2) is 7.16. The molecule has 0 atom stereocenters. The third-order valence-corrected chi connectivity index (χ3v) is 6.11. The van der Waals surface area contributed by atoms with Crippen molar-refractivity contribution in [3.8, 4) is 17.2 Å². The van der Waals surface area contributed by atoms with Gasteiger partial charge in [0.2, 0.25) is 0 Å². The maximum absolute atomic E-state index is 13.1. The van der Waals surface area contributed by atoms with E-state index in [2.05, 4.69) is 20.1 Å². The molecule has 6 rings (SSSR count). The van der Waals surface area contributed by atoms with Gasteiger partial charge in [-0.1, -0.05) is 12.1 Å². The van der Waals surface area contributed by atoms with E-state index >= 15 is 0 Å². The number of amides is 2. The number of nitrogens with one attached hydrogen (secondary N) is 2. The first-order chi connectivity index (χ1) is 15.6. The molecule has 0 spiro atoms. The Morgan fingerprint density at radius 1 is 0.909 bits per heavy atom. The van der Waals surface area contributed by atoms with Crippen molar-refractivity contribution < 1.29 is 37.4 Å². The highest BCUT2D eigenvalue weighted by Gasteiger charge is 2.69. The Morgan fingerprint density at radius 3 is 2.18 bits per heavy atom. The third kappa shape index (κ3) is 3.96. The zero-order chi connectivity index (χ0) is 23.4. The van der Waals surface area contributed by atoms with Crippen LogP contribution < -0.4 is 24.8 Å². The third-order valence-electron chi connectivity index (χ3n) is 6.11. The summed E-state index contributed by atoms with van der Waals surface area (Å²) in [6.07, 6.45) is -1.88. The van der Waals surface area contributed by atoms with Crippen LogP contribution in [-0.2, 0) is 4.79 Å². The van der Waals surface area contributed by atoms with Gasteiger partial charge in [-0.3, -0.25) is 14.4 Å². The van der Waals surface area contributed by atoms with Crippen molar-refractivity contribution in [2.24, 2.45) is 0 Å². The quantitative estimate of drug-likeness (QED) is 0.619. The van der Waals surface area contributed by atoms with Crippen LogP contribution in [0.5, 0.6) is 17.2 Å². The van der Waals surface area contributed by atoms with Gasteiger partial charge < -0.3 is 24.8 Å². The van der Waals surface area contributed by atoms with Crippen LogP contribution in [0.4, 0.5) is 8.78 Å². The maximum Gasteiger partial charge on any atom is 0.586 e. The predicted molar refractivity (Wildman–Crippen MR) is 110 cm³/mol. The highest BCUT2D eigenvalue weighted by Crippen LogP contribution is 2.60. The van der Waals surface area contributed by atoms with Gasteiger partial charge in [-0.05, 0) is 50.5 Å². The van der Waals surface area contributed by atoms with Gasteiger partial charge in [0.25, 0.3) is 11.8 Å². The second-order valence-electron chi connectivity index (χ2n) is 8.79. The predicted octanol–water partition coefficient (Wildman–Crippen LogP) is 2.81. The van der Waals surface area contributed by atoms with Gasteiger partial charge in [0.1, 0.15) is 5.75 Å². The largest absolute Gasteiger partial charge is 0.586 e. The number of halogens is 2. The first kappa shape index (κ1) is 21.2. The highest BCUT2D eigenvalue weighted by molar-refractivity contribution is 5.98. The van der Waals surface area contributed by atoms with Gasteiger partial charge >= 0.3 is 6.29 Å². The van der Waals surface area contributed by atoms with Crippen LogP contribution in [0.3, 0.4) is 0 Å². The normalized spacial score (nSPS) is 25.3. The Hall–Kier alpha value is -3.69. The lowest BCUT2D eigenvalue weighted by atomic mass is 9.44. The van der Waals surface area contributed by atoms with Crippen LogP contribution in [0.2, 0.25) is 0 Å². The minimum Gasteiger partial charge on any atom is -0.484 e. The summed E-state index contributed by atoms with van der Waals surface area (Å²) in [6.45, 7) is 1.17. The van der Waals surface area contributed by atoms with Gasteiger partial charge in [-0.2, -0.15) is 0 Å². The lowest BCUT2D eigenvalue weighted by Crippen LogP contribution is -2.84. The van der Waals surface area contributed by atoms with Gasteiger partial charge in [-0.25, -0.2) is 0 Å². The Bertz CT molecular complexity index is 1140. The summed E-state index contributed by atoms with van der Waals surface area (Å²) in [7, 11) is 0. The average Bonchev–Trinajstić information content (AvgIpc) is 3.02. The van der Waals surface area contributed by atoms with Crippen molar-refractivity contribution in [2.45, 2.75) is 43.6 Å². The van der Waals surface area contributed by atoms with Gasteiger partial charge in [0.15, 0.2) is 23.9 Å². The number of ether oxygens (including phenoxy) is 3. The summed E-state index contributed by atoms with van der Waals surface area (Å²) in [5.41, 5.74) is 0.299. The number of alkyl halides is 2. The molecule has 0 radical (unpaired) electrons.